The standard InChI is InChI=1S/C28H34F3N3O/c1-18-6-9-24(27(2,3)4)20(10-18)16-34(23-7-8-23)26(35)21-14-32-33(15-21)17-28(5)12-19(25(30)31)11-22(29)13-28/h6,9-11,13-15,23,25H,7-8,12,16-17H2,1-5H3. The molecule has 1 aromatic heterocycles. The molecule has 1 saturated carbocycles. The maximum absolute atomic E-state index is 14.0. The van der Waals surface area contributed by atoms with E-state index in [1.807, 2.05) is 4.90 Å². The summed E-state index contributed by atoms with van der Waals surface area (Å²) in [5.74, 6) is -0.756. The highest BCUT2D eigenvalue weighted by molar-refractivity contribution is 5.94. The van der Waals surface area contributed by atoms with Crippen LogP contribution in [0.3, 0.4) is 0 Å². The van der Waals surface area contributed by atoms with E-state index in [9.17, 15) is 18.0 Å². The molecule has 35 heavy (non-hydrogen) atoms. The lowest BCUT2D eigenvalue weighted by atomic mass is 9.79. The van der Waals surface area contributed by atoms with Gasteiger partial charge in [-0.2, -0.15) is 5.10 Å². The van der Waals surface area contributed by atoms with Gasteiger partial charge in [0.1, 0.15) is 5.83 Å². The minimum atomic E-state index is -2.70. The van der Waals surface area contributed by atoms with Crippen molar-refractivity contribution in [2.45, 2.75) is 84.9 Å². The van der Waals surface area contributed by atoms with Gasteiger partial charge in [-0.05, 0) is 60.5 Å². The van der Waals surface area contributed by atoms with Gasteiger partial charge in [0.2, 0.25) is 0 Å². The Bertz CT molecular complexity index is 1170. The molecule has 0 saturated heterocycles. The monoisotopic (exact) mass is 485 g/mol. The van der Waals surface area contributed by atoms with Crippen molar-refractivity contribution in [3.8, 4) is 0 Å². The number of alkyl halides is 2. The number of halogens is 3. The van der Waals surface area contributed by atoms with E-state index in [-0.39, 0.29) is 35.9 Å². The summed E-state index contributed by atoms with van der Waals surface area (Å²) in [5, 5.41) is 4.32. The van der Waals surface area contributed by atoms with Crippen molar-refractivity contribution in [3.05, 3.63) is 76.4 Å². The number of benzene rings is 1. The maximum Gasteiger partial charge on any atom is 0.260 e. The van der Waals surface area contributed by atoms with Crippen LogP contribution in [0.4, 0.5) is 13.2 Å². The second-order valence-electron chi connectivity index (χ2n) is 11.4. The SMILES string of the molecule is Cc1ccc(C(C)(C)C)c(CN(C(=O)c2cnn(CC3(C)C=C(F)C=C(C(F)F)C3)c2)C2CC2)c1. The zero-order valence-corrected chi connectivity index (χ0v) is 21.1. The molecule has 1 aromatic carbocycles. The Labute approximate surface area is 205 Å². The van der Waals surface area contributed by atoms with E-state index in [0.717, 1.165) is 30.0 Å². The van der Waals surface area contributed by atoms with Crippen molar-refractivity contribution in [1.82, 2.24) is 14.7 Å². The molecule has 0 spiro atoms. The molecule has 1 amide bonds. The van der Waals surface area contributed by atoms with Gasteiger partial charge in [0.05, 0.1) is 18.3 Å². The van der Waals surface area contributed by atoms with E-state index in [1.54, 1.807) is 17.8 Å². The fourth-order valence-corrected chi connectivity index (χ4v) is 4.98. The van der Waals surface area contributed by atoms with Gasteiger partial charge in [-0.15, -0.1) is 0 Å². The fourth-order valence-electron chi connectivity index (χ4n) is 4.98. The number of carbonyl (C=O) groups is 1. The van der Waals surface area contributed by atoms with Gasteiger partial charge >= 0.3 is 0 Å². The van der Waals surface area contributed by atoms with Gasteiger partial charge in [-0.3, -0.25) is 9.48 Å². The summed E-state index contributed by atoms with van der Waals surface area (Å²) in [6, 6.07) is 6.62. The number of amides is 1. The first-order valence-corrected chi connectivity index (χ1v) is 12.1. The fraction of sp³-hybridized carbons (Fsp3) is 0.500. The predicted molar refractivity (Wildman–Crippen MR) is 131 cm³/mol. The zero-order valence-electron chi connectivity index (χ0n) is 21.1. The Hall–Kier alpha value is -2.83. The van der Waals surface area contributed by atoms with Crippen LogP contribution in [0.15, 0.2) is 54.1 Å². The van der Waals surface area contributed by atoms with Crippen molar-refractivity contribution in [2.24, 2.45) is 5.41 Å². The van der Waals surface area contributed by atoms with Gasteiger partial charge in [-0.25, -0.2) is 13.2 Å². The minimum Gasteiger partial charge on any atom is -0.331 e. The minimum absolute atomic E-state index is 0.0400. The van der Waals surface area contributed by atoms with E-state index in [2.05, 4.69) is 51.0 Å². The van der Waals surface area contributed by atoms with Gasteiger partial charge in [0.25, 0.3) is 12.3 Å². The molecule has 0 radical (unpaired) electrons. The van der Waals surface area contributed by atoms with Crippen LogP contribution in [0.2, 0.25) is 0 Å². The van der Waals surface area contributed by atoms with Crippen LogP contribution in [0.1, 0.15) is 74.0 Å². The molecule has 0 bridgehead atoms. The Kier molecular flexibility index (Phi) is 6.73. The van der Waals surface area contributed by atoms with Crippen LogP contribution in [-0.2, 0) is 18.5 Å². The molecule has 4 nitrogen and oxygen atoms in total. The molecule has 1 atom stereocenters. The van der Waals surface area contributed by atoms with Gasteiger partial charge in [0, 0.05) is 24.2 Å². The molecular weight excluding hydrogens is 451 g/mol. The molecular formula is C28H34F3N3O. The summed E-state index contributed by atoms with van der Waals surface area (Å²) >= 11 is 0. The second kappa shape index (κ2) is 9.32. The summed E-state index contributed by atoms with van der Waals surface area (Å²) in [6.07, 6.45) is 4.74. The lowest BCUT2D eigenvalue weighted by Crippen LogP contribution is -2.33. The van der Waals surface area contributed by atoms with Crippen LogP contribution in [0.25, 0.3) is 0 Å². The first-order valence-electron chi connectivity index (χ1n) is 12.1. The molecule has 2 aliphatic carbocycles. The van der Waals surface area contributed by atoms with Gasteiger partial charge < -0.3 is 4.90 Å². The lowest BCUT2D eigenvalue weighted by Gasteiger charge is -2.30. The summed E-state index contributed by atoms with van der Waals surface area (Å²) in [7, 11) is 0. The van der Waals surface area contributed by atoms with Crippen molar-refractivity contribution in [3.63, 3.8) is 0 Å². The van der Waals surface area contributed by atoms with Crippen LogP contribution in [-0.4, -0.2) is 33.1 Å². The largest absolute Gasteiger partial charge is 0.331 e. The van der Waals surface area contributed by atoms with E-state index < -0.39 is 17.7 Å². The van der Waals surface area contributed by atoms with E-state index in [1.165, 1.54) is 17.8 Å². The van der Waals surface area contributed by atoms with Crippen molar-refractivity contribution in [1.29, 1.82) is 0 Å². The molecule has 7 heteroatoms. The van der Waals surface area contributed by atoms with Crippen molar-refractivity contribution in [2.75, 3.05) is 0 Å². The highest BCUT2D eigenvalue weighted by Crippen LogP contribution is 2.38. The smallest absolute Gasteiger partial charge is 0.260 e. The average molecular weight is 486 g/mol. The van der Waals surface area contributed by atoms with E-state index in [4.69, 9.17) is 0 Å². The quantitative estimate of drug-likeness (QED) is 0.435. The Morgan fingerprint density at radius 2 is 2.00 bits per heavy atom. The van der Waals surface area contributed by atoms with E-state index in [0.29, 0.717) is 12.1 Å². The number of carbonyl (C=O) groups excluding carboxylic acids is 1. The van der Waals surface area contributed by atoms with Gasteiger partial charge in [-0.1, -0.05) is 51.5 Å². The Morgan fingerprint density at radius 1 is 1.29 bits per heavy atom. The summed E-state index contributed by atoms with van der Waals surface area (Å²) in [5.41, 5.74) is 2.86. The molecule has 4 rings (SSSR count). The third-order valence-corrected chi connectivity index (χ3v) is 6.76. The number of nitrogens with zero attached hydrogens (tertiary/aromatic N) is 3. The third-order valence-electron chi connectivity index (χ3n) is 6.76. The number of aryl methyl sites for hydroxylation is 1. The first-order chi connectivity index (χ1) is 16.3. The lowest BCUT2D eigenvalue weighted by molar-refractivity contribution is 0.0728. The van der Waals surface area contributed by atoms with Crippen LogP contribution < -0.4 is 0 Å². The zero-order chi connectivity index (χ0) is 25.5. The predicted octanol–water partition coefficient (Wildman–Crippen LogP) is 6.75. The normalized spacial score (nSPS) is 20.6. The molecule has 1 heterocycles. The van der Waals surface area contributed by atoms with Crippen LogP contribution >= 0.6 is 0 Å². The number of rotatable bonds is 7. The number of hydrogen-bond donors (Lipinski definition) is 0. The molecule has 188 valence electrons. The Balaban J connectivity index is 1.54. The van der Waals surface area contributed by atoms with Gasteiger partial charge in [0.15, 0.2) is 0 Å². The topological polar surface area (TPSA) is 38.1 Å². The number of hydrogen-bond acceptors (Lipinski definition) is 2. The molecule has 2 aromatic rings. The van der Waals surface area contributed by atoms with Crippen LogP contribution in [0.5, 0.6) is 0 Å². The van der Waals surface area contributed by atoms with Crippen molar-refractivity contribution < 1.29 is 18.0 Å². The summed E-state index contributed by atoms with van der Waals surface area (Å²) < 4.78 is 42.1. The van der Waals surface area contributed by atoms with Crippen LogP contribution in [0, 0.1) is 12.3 Å². The molecule has 0 aliphatic heterocycles. The highest BCUT2D eigenvalue weighted by Gasteiger charge is 2.35. The average Bonchev–Trinajstić information content (AvgIpc) is 3.48. The molecule has 1 fully saturated rings. The Morgan fingerprint density at radius 3 is 2.63 bits per heavy atom. The summed E-state index contributed by atoms with van der Waals surface area (Å²) in [6.45, 7) is 11.0. The third kappa shape index (κ3) is 5.88. The van der Waals surface area contributed by atoms with Crippen molar-refractivity contribution >= 4 is 5.91 Å². The number of allylic oxidation sites excluding steroid dienone is 4. The summed E-state index contributed by atoms with van der Waals surface area (Å²) in [4.78, 5) is 15.5. The molecule has 1 unspecified atom stereocenters. The first kappa shape index (κ1) is 25.3. The van der Waals surface area contributed by atoms with E-state index >= 15 is 0 Å². The highest BCUT2D eigenvalue weighted by atomic mass is 19.3. The second-order valence-corrected chi connectivity index (χ2v) is 11.4. The maximum atomic E-state index is 14.0. The molecule has 2 aliphatic rings. The number of aromatic nitrogens is 2. The molecule has 0 N–H and O–H groups in total.